The largest absolute Gasteiger partial charge is 0.396 e. The number of hydrogen-bond acceptors (Lipinski definition) is 2. The van der Waals surface area contributed by atoms with E-state index in [-0.39, 0.29) is 0 Å². The minimum Gasteiger partial charge on any atom is -0.396 e. The molecule has 76 valence electrons. The predicted molar refractivity (Wildman–Crippen MR) is 53.5 cm³/mol. The molecular formula is C11H21NO. The lowest BCUT2D eigenvalue weighted by Gasteiger charge is -2.39. The predicted octanol–water partition coefficient (Wildman–Crippen LogP) is 1.39. The van der Waals surface area contributed by atoms with E-state index in [9.17, 15) is 5.11 Å². The molecule has 1 saturated carbocycles. The minimum atomic E-state index is 0.414. The van der Waals surface area contributed by atoms with E-state index >= 15 is 0 Å². The highest BCUT2D eigenvalue weighted by Gasteiger charge is 2.32. The maximum Gasteiger partial charge on any atom is 0.0465 e. The highest BCUT2D eigenvalue weighted by molar-refractivity contribution is 4.86. The molecule has 1 atom stereocenters. The van der Waals surface area contributed by atoms with E-state index in [1.165, 1.54) is 32.1 Å². The van der Waals surface area contributed by atoms with E-state index in [1.54, 1.807) is 0 Å². The van der Waals surface area contributed by atoms with Crippen LogP contribution in [-0.4, -0.2) is 24.8 Å². The first-order valence-electron chi connectivity index (χ1n) is 5.73. The Morgan fingerprint density at radius 1 is 1.08 bits per heavy atom. The third kappa shape index (κ3) is 2.05. The van der Waals surface area contributed by atoms with Gasteiger partial charge in [0.1, 0.15) is 0 Å². The Morgan fingerprint density at radius 2 is 1.77 bits per heavy atom. The van der Waals surface area contributed by atoms with Gasteiger partial charge in [-0.15, -0.1) is 0 Å². The molecule has 2 aliphatic rings. The SMILES string of the molecule is OCC(C1CCCCC1)C1CNC1. The van der Waals surface area contributed by atoms with Gasteiger partial charge in [0.25, 0.3) is 0 Å². The van der Waals surface area contributed by atoms with Crippen LogP contribution in [0.2, 0.25) is 0 Å². The van der Waals surface area contributed by atoms with Crippen molar-refractivity contribution in [3.8, 4) is 0 Å². The molecule has 0 aromatic carbocycles. The lowest BCUT2D eigenvalue weighted by atomic mass is 9.72. The fraction of sp³-hybridized carbons (Fsp3) is 1.00. The van der Waals surface area contributed by atoms with Gasteiger partial charge >= 0.3 is 0 Å². The summed E-state index contributed by atoms with van der Waals surface area (Å²) in [6.07, 6.45) is 6.92. The van der Waals surface area contributed by atoms with Gasteiger partial charge in [-0.2, -0.15) is 0 Å². The fourth-order valence-corrected chi connectivity index (χ4v) is 2.86. The van der Waals surface area contributed by atoms with Gasteiger partial charge in [0.05, 0.1) is 0 Å². The van der Waals surface area contributed by atoms with E-state index in [1.807, 2.05) is 0 Å². The van der Waals surface area contributed by atoms with Crippen molar-refractivity contribution in [1.29, 1.82) is 0 Å². The number of aliphatic hydroxyl groups excluding tert-OH is 1. The van der Waals surface area contributed by atoms with Crippen LogP contribution in [0, 0.1) is 17.8 Å². The van der Waals surface area contributed by atoms with Crippen molar-refractivity contribution in [2.75, 3.05) is 19.7 Å². The fourth-order valence-electron chi connectivity index (χ4n) is 2.86. The quantitative estimate of drug-likeness (QED) is 0.693. The first kappa shape index (κ1) is 9.47. The van der Waals surface area contributed by atoms with Crippen molar-refractivity contribution < 1.29 is 5.11 Å². The summed E-state index contributed by atoms with van der Waals surface area (Å²) in [5, 5.41) is 12.7. The smallest absolute Gasteiger partial charge is 0.0465 e. The second-order valence-corrected chi connectivity index (χ2v) is 4.66. The van der Waals surface area contributed by atoms with Crippen molar-refractivity contribution in [2.45, 2.75) is 32.1 Å². The van der Waals surface area contributed by atoms with Gasteiger partial charge in [0.2, 0.25) is 0 Å². The van der Waals surface area contributed by atoms with Crippen molar-refractivity contribution in [3.63, 3.8) is 0 Å². The Hall–Kier alpha value is -0.0800. The standard InChI is InChI=1S/C11H21NO/c13-8-11(10-6-12-7-10)9-4-2-1-3-5-9/h9-13H,1-8H2. The number of aliphatic hydroxyl groups is 1. The topological polar surface area (TPSA) is 32.3 Å². The van der Waals surface area contributed by atoms with Crippen molar-refractivity contribution in [2.24, 2.45) is 17.8 Å². The highest BCUT2D eigenvalue weighted by atomic mass is 16.3. The Kier molecular flexibility index (Phi) is 3.23. The molecule has 2 rings (SSSR count). The molecule has 0 aromatic rings. The van der Waals surface area contributed by atoms with Gasteiger partial charge < -0.3 is 10.4 Å². The molecule has 13 heavy (non-hydrogen) atoms. The van der Waals surface area contributed by atoms with E-state index in [4.69, 9.17) is 0 Å². The maximum absolute atomic E-state index is 9.39. The zero-order valence-electron chi connectivity index (χ0n) is 8.34. The molecule has 0 aromatic heterocycles. The van der Waals surface area contributed by atoms with Crippen LogP contribution in [0.4, 0.5) is 0 Å². The highest BCUT2D eigenvalue weighted by Crippen LogP contribution is 2.34. The van der Waals surface area contributed by atoms with Crippen LogP contribution in [0.15, 0.2) is 0 Å². The van der Waals surface area contributed by atoms with Crippen molar-refractivity contribution >= 4 is 0 Å². The Balaban J connectivity index is 1.86. The molecule has 2 fully saturated rings. The molecule has 1 aliphatic heterocycles. The van der Waals surface area contributed by atoms with Gasteiger partial charge in [0.15, 0.2) is 0 Å². The molecule has 2 nitrogen and oxygen atoms in total. The zero-order chi connectivity index (χ0) is 9.10. The van der Waals surface area contributed by atoms with Gasteiger partial charge in [-0.1, -0.05) is 32.1 Å². The summed E-state index contributed by atoms with van der Waals surface area (Å²) in [5.74, 6) is 2.19. The summed E-state index contributed by atoms with van der Waals surface area (Å²) in [7, 11) is 0. The third-order valence-electron chi connectivity index (χ3n) is 3.88. The molecule has 0 radical (unpaired) electrons. The summed E-state index contributed by atoms with van der Waals surface area (Å²) in [5.41, 5.74) is 0. The summed E-state index contributed by atoms with van der Waals surface area (Å²) in [6, 6.07) is 0. The molecule has 1 aliphatic carbocycles. The van der Waals surface area contributed by atoms with Crippen LogP contribution >= 0.6 is 0 Å². The van der Waals surface area contributed by atoms with Crippen LogP contribution < -0.4 is 5.32 Å². The summed E-state index contributed by atoms with van der Waals surface area (Å²) < 4.78 is 0. The van der Waals surface area contributed by atoms with Crippen molar-refractivity contribution in [1.82, 2.24) is 5.32 Å². The van der Waals surface area contributed by atoms with Gasteiger partial charge in [-0.3, -0.25) is 0 Å². The van der Waals surface area contributed by atoms with Gasteiger partial charge in [0, 0.05) is 6.61 Å². The van der Waals surface area contributed by atoms with Crippen LogP contribution in [0.1, 0.15) is 32.1 Å². The molecule has 2 heteroatoms. The second-order valence-electron chi connectivity index (χ2n) is 4.66. The molecule has 0 bridgehead atoms. The van der Waals surface area contributed by atoms with Crippen molar-refractivity contribution in [3.05, 3.63) is 0 Å². The van der Waals surface area contributed by atoms with Crippen LogP contribution in [0.3, 0.4) is 0 Å². The van der Waals surface area contributed by atoms with E-state index < -0.39 is 0 Å². The maximum atomic E-state index is 9.39. The average Bonchev–Trinajstić information content (AvgIpc) is 2.12. The normalized spacial score (nSPS) is 28.4. The number of hydrogen-bond donors (Lipinski definition) is 2. The first-order valence-corrected chi connectivity index (χ1v) is 5.73. The molecule has 1 unspecified atom stereocenters. The lowest BCUT2D eigenvalue weighted by molar-refractivity contribution is 0.0720. The van der Waals surface area contributed by atoms with Gasteiger partial charge in [-0.25, -0.2) is 0 Å². The van der Waals surface area contributed by atoms with E-state index in [2.05, 4.69) is 5.32 Å². The molecule has 1 heterocycles. The number of rotatable bonds is 3. The Bertz CT molecular complexity index is 150. The Labute approximate surface area is 80.7 Å². The molecule has 1 saturated heterocycles. The summed E-state index contributed by atoms with van der Waals surface area (Å²) >= 11 is 0. The Morgan fingerprint density at radius 3 is 2.23 bits per heavy atom. The molecule has 0 amide bonds. The second kappa shape index (κ2) is 4.43. The molecule has 0 spiro atoms. The van der Waals surface area contributed by atoms with Gasteiger partial charge in [-0.05, 0) is 30.8 Å². The first-order chi connectivity index (χ1) is 6.42. The van der Waals surface area contributed by atoms with E-state index in [0.717, 1.165) is 24.9 Å². The zero-order valence-corrected chi connectivity index (χ0v) is 8.34. The van der Waals surface area contributed by atoms with Crippen LogP contribution in [0.5, 0.6) is 0 Å². The lowest BCUT2D eigenvalue weighted by Crippen LogP contribution is -2.49. The van der Waals surface area contributed by atoms with E-state index in [0.29, 0.717) is 12.5 Å². The minimum absolute atomic E-state index is 0.414. The monoisotopic (exact) mass is 183 g/mol. The number of nitrogens with one attached hydrogen (secondary N) is 1. The van der Waals surface area contributed by atoms with Crippen LogP contribution in [-0.2, 0) is 0 Å². The molecule has 2 N–H and O–H groups in total. The average molecular weight is 183 g/mol. The third-order valence-corrected chi connectivity index (χ3v) is 3.88. The van der Waals surface area contributed by atoms with Crippen LogP contribution in [0.25, 0.3) is 0 Å². The summed E-state index contributed by atoms with van der Waals surface area (Å²) in [4.78, 5) is 0. The molecular weight excluding hydrogens is 162 g/mol. The summed E-state index contributed by atoms with van der Waals surface area (Å²) in [6.45, 7) is 2.69.